The molecular formula is C84H142O10. The van der Waals surface area contributed by atoms with E-state index in [2.05, 4.69) is 69.2 Å². The summed E-state index contributed by atoms with van der Waals surface area (Å²) >= 11 is 0. The molecule has 0 radical (unpaired) electrons. The molecule has 11 unspecified atom stereocenters. The molecule has 0 aromatic rings. The van der Waals surface area contributed by atoms with Crippen molar-refractivity contribution in [2.45, 2.75) is 367 Å². The quantitative estimate of drug-likeness (QED) is 0.0965. The molecule has 94 heavy (non-hydrogen) atoms. The van der Waals surface area contributed by atoms with Crippen molar-refractivity contribution in [3.05, 3.63) is 0 Å². The summed E-state index contributed by atoms with van der Waals surface area (Å²) in [6.07, 6.45) is 35.5. The van der Waals surface area contributed by atoms with Crippen LogP contribution in [0.3, 0.4) is 0 Å². The summed E-state index contributed by atoms with van der Waals surface area (Å²) in [5, 5.41) is 0. The first-order chi connectivity index (χ1) is 43.7. The fourth-order valence-electron chi connectivity index (χ4n) is 22.7. The first kappa shape index (κ1) is 75.5. The molecular weight excluding hydrogens is 1170 g/mol. The van der Waals surface area contributed by atoms with Crippen LogP contribution in [0.4, 0.5) is 0 Å². The van der Waals surface area contributed by atoms with Crippen LogP contribution in [0.1, 0.15) is 339 Å². The topological polar surface area (TPSA) is 132 Å². The van der Waals surface area contributed by atoms with Crippen LogP contribution >= 0.6 is 0 Å². The van der Waals surface area contributed by atoms with Crippen molar-refractivity contribution in [3.63, 3.8) is 0 Å². The van der Waals surface area contributed by atoms with Gasteiger partial charge in [0.15, 0.2) is 0 Å². The molecule has 10 nitrogen and oxygen atoms in total. The third-order valence-electron chi connectivity index (χ3n) is 30.6. The molecule has 0 aromatic carbocycles. The number of fused-ring (bicyclic) bond motifs is 9. The Bertz CT molecular complexity index is 2600. The molecule has 0 aromatic heterocycles. The average Bonchev–Trinajstić information content (AvgIpc) is 1.01. The van der Waals surface area contributed by atoms with Gasteiger partial charge in [-0.3, -0.25) is 24.0 Å². The fraction of sp³-hybridized carbons (Fsp3) is 0.940. The summed E-state index contributed by atoms with van der Waals surface area (Å²) < 4.78 is 30.5. The second-order valence-corrected chi connectivity index (χ2v) is 39.2. The van der Waals surface area contributed by atoms with E-state index >= 15 is 0 Å². The van der Waals surface area contributed by atoms with Gasteiger partial charge in [0, 0.05) is 11.8 Å². The van der Waals surface area contributed by atoms with Crippen molar-refractivity contribution in [1.29, 1.82) is 0 Å². The molecule has 10 heteroatoms. The highest BCUT2D eigenvalue weighted by Crippen LogP contribution is 2.66. The van der Waals surface area contributed by atoms with Crippen LogP contribution in [0.5, 0.6) is 0 Å². The molecule has 15 fully saturated rings. The van der Waals surface area contributed by atoms with E-state index in [0.717, 1.165) is 111 Å². The Morgan fingerprint density at radius 3 is 1.20 bits per heavy atom. The van der Waals surface area contributed by atoms with Gasteiger partial charge in [-0.05, 0) is 365 Å². The standard InChI is InChI=1S/C19H32O2.C18H30O2.C17H28O2.C16H28O2.C14H24O2/c1-6-18(4,5)17(20)21-19(12(2)3)15-8-13-7-14(10-15)11-16(19)9-13;1-5-17(3,4)16(19)20-18(6-2)14-8-12-7-13(10-14)11-15(18)9-12;1-5-16(2,3)15(18)19-17(4)10-11-9-14(17)13-8-6-7-12(11)13;1-6-15(2,3)14(17)18-16(4,5)13-10-11-7-8-12(13)9-11;1-5-13(2,3)12(15)16-14(4)9-10-6-7-11(14)8-10/h12-16H,6-11H2,1-5H3;12-15H,5-11H2,1-4H3;11-14H,5-10H2,1-4H3;11-13H,6-10H2,1-5H3;10-11H,5-9H2,1-4H3. The van der Waals surface area contributed by atoms with Gasteiger partial charge in [0.25, 0.3) is 0 Å². The summed E-state index contributed by atoms with van der Waals surface area (Å²) in [7, 11) is 0. The van der Waals surface area contributed by atoms with E-state index in [1.54, 1.807) is 0 Å². The van der Waals surface area contributed by atoms with E-state index in [9.17, 15) is 24.0 Å². The van der Waals surface area contributed by atoms with Crippen molar-refractivity contribution in [1.82, 2.24) is 0 Å². The third-order valence-corrected chi connectivity index (χ3v) is 30.6. The predicted octanol–water partition coefficient (Wildman–Crippen LogP) is 21.3. The Labute approximate surface area is 574 Å². The van der Waals surface area contributed by atoms with Crippen LogP contribution in [0.2, 0.25) is 0 Å². The summed E-state index contributed by atoms with van der Waals surface area (Å²) in [6, 6.07) is 0. The maximum Gasteiger partial charge on any atom is 0.312 e. The number of carbonyl (C=O) groups is 5. The SMILES string of the molecule is CCC(C)(C)C(=O)OC(C)(C)C1CC2CCC1C2.CCC(C)(C)C(=O)OC1(C(C)C)C2CC3CC(C2)CC1C3.CCC(C)(C)C(=O)OC1(C)CC2CC1C1CCCC21.CCC(C)(C)C(=O)OC1(C)CC2CCC1C2.CCC(C)(C)C(=O)OC1(CC)C2CC3CC(C2)CC1C3. The van der Waals surface area contributed by atoms with Crippen molar-refractivity contribution >= 4 is 29.8 Å². The van der Waals surface area contributed by atoms with Crippen molar-refractivity contribution in [3.8, 4) is 0 Å². The lowest BCUT2D eigenvalue weighted by atomic mass is 9.47. The zero-order valence-corrected chi connectivity index (χ0v) is 64.5. The van der Waals surface area contributed by atoms with Gasteiger partial charge in [-0.25, -0.2) is 0 Å². The molecule has 0 saturated heterocycles. The van der Waals surface area contributed by atoms with Gasteiger partial charge in [0.05, 0.1) is 27.1 Å². The molecule has 15 aliphatic rings. The molecule has 15 aliphatic carbocycles. The van der Waals surface area contributed by atoms with E-state index in [-0.39, 0.29) is 84.9 Å². The highest BCUT2D eigenvalue weighted by Gasteiger charge is 2.64. The van der Waals surface area contributed by atoms with E-state index in [0.29, 0.717) is 47.3 Å². The summed E-state index contributed by atoms with van der Waals surface area (Å²) in [5.74, 6) is 13.6. The second-order valence-electron chi connectivity index (χ2n) is 39.2. The van der Waals surface area contributed by atoms with Crippen LogP contribution in [-0.4, -0.2) is 57.9 Å². The largest absolute Gasteiger partial charge is 0.459 e. The normalized spacial score (nSPS) is 39.9. The van der Waals surface area contributed by atoms with Crippen molar-refractivity contribution in [2.75, 3.05) is 0 Å². The van der Waals surface area contributed by atoms with Gasteiger partial charge in [0.1, 0.15) is 28.0 Å². The second kappa shape index (κ2) is 28.1. The highest BCUT2D eigenvalue weighted by molar-refractivity contribution is 5.78. The molecule has 538 valence electrons. The van der Waals surface area contributed by atoms with Crippen LogP contribution in [0.25, 0.3) is 0 Å². The first-order valence-corrected chi connectivity index (χ1v) is 39.9. The predicted molar refractivity (Wildman–Crippen MR) is 378 cm³/mol. The Morgan fingerprint density at radius 2 is 0.798 bits per heavy atom. The van der Waals surface area contributed by atoms with E-state index in [4.69, 9.17) is 23.7 Å². The molecule has 11 atom stereocenters. The number of esters is 5. The molecule has 15 saturated carbocycles. The van der Waals surface area contributed by atoms with Gasteiger partial charge < -0.3 is 23.7 Å². The highest BCUT2D eigenvalue weighted by atomic mass is 16.6. The molecule has 0 aliphatic heterocycles. The smallest absolute Gasteiger partial charge is 0.312 e. The van der Waals surface area contributed by atoms with Gasteiger partial charge in [-0.15, -0.1) is 0 Å². The maximum absolute atomic E-state index is 12.8. The minimum Gasteiger partial charge on any atom is -0.459 e. The van der Waals surface area contributed by atoms with Crippen molar-refractivity contribution in [2.24, 2.45) is 134 Å². The average molecular weight is 1310 g/mol. The molecule has 0 N–H and O–H groups in total. The van der Waals surface area contributed by atoms with Crippen LogP contribution < -0.4 is 0 Å². The summed E-state index contributed by atoms with van der Waals surface area (Å²) in [6.45, 7) is 45.7. The molecule has 0 spiro atoms. The van der Waals surface area contributed by atoms with Crippen LogP contribution in [0.15, 0.2) is 0 Å². The fourth-order valence-corrected chi connectivity index (χ4v) is 22.7. The van der Waals surface area contributed by atoms with Gasteiger partial charge in [-0.2, -0.15) is 0 Å². The zero-order valence-electron chi connectivity index (χ0n) is 64.5. The molecule has 14 bridgehead atoms. The molecule has 15 rings (SSSR count). The summed E-state index contributed by atoms with van der Waals surface area (Å²) in [4.78, 5) is 62.2. The van der Waals surface area contributed by atoms with Gasteiger partial charge in [-0.1, -0.05) is 68.2 Å². The number of hydrogen-bond acceptors (Lipinski definition) is 10. The monoisotopic (exact) mass is 1310 g/mol. The van der Waals surface area contributed by atoms with Gasteiger partial charge >= 0.3 is 29.8 Å². The maximum atomic E-state index is 12.8. The number of rotatable bonds is 18. The van der Waals surface area contributed by atoms with Crippen LogP contribution in [-0.2, 0) is 47.7 Å². The van der Waals surface area contributed by atoms with Crippen molar-refractivity contribution < 1.29 is 47.7 Å². The Hall–Kier alpha value is -2.65. The lowest BCUT2D eigenvalue weighted by Crippen LogP contribution is -2.63. The number of ether oxygens (including phenoxy) is 5. The van der Waals surface area contributed by atoms with E-state index in [1.165, 1.54) is 135 Å². The Morgan fingerprint density at radius 1 is 0.383 bits per heavy atom. The van der Waals surface area contributed by atoms with Gasteiger partial charge in [0.2, 0.25) is 0 Å². The zero-order chi connectivity index (χ0) is 69.3. The van der Waals surface area contributed by atoms with Crippen LogP contribution in [0, 0.1) is 134 Å². The van der Waals surface area contributed by atoms with E-state index in [1.807, 2.05) is 83.1 Å². The minimum atomic E-state index is -0.352. The number of carbonyl (C=O) groups excluding carboxylic acids is 5. The van der Waals surface area contributed by atoms with E-state index < -0.39 is 0 Å². The Balaban J connectivity index is 0.000000139. The first-order valence-electron chi connectivity index (χ1n) is 39.9. The summed E-state index contributed by atoms with van der Waals surface area (Å²) in [5.41, 5.74) is -2.61. The molecule has 0 amide bonds. The Kier molecular flexibility index (Phi) is 22.5. The minimum absolute atomic E-state index is 0.00921. The lowest BCUT2D eigenvalue weighted by Gasteiger charge is -2.62. The lowest BCUT2D eigenvalue weighted by molar-refractivity contribution is -0.231. The third kappa shape index (κ3) is 14.9. The molecule has 0 heterocycles. The number of hydrogen-bond donors (Lipinski definition) is 0.